The van der Waals surface area contributed by atoms with Gasteiger partial charge in [-0.3, -0.25) is 0 Å². The first-order chi connectivity index (χ1) is 16.9. The first kappa shape index (κ1) is 30.0. The third-order valence-corrected chi connectivity index (χ3v) is 4.64. The molecule has 186 valence electrons. The zero-order valence-electron chi connectivity index (χ0n) is 20.0. The maximum absolute atomic E-state index is 9.62. The fourth-order valence-electron chi connectivity index (χ4n) is 2.41. The quantitative estimate of drug-likeness (QED) is 0.273. The topological polar surface area (TPSA) is 58.9 Å². The van der Waals surface area contributed by atoms with Crippen molar-refractivity contribution in [1.29, 1.82) is 0 Å². The number of hydrogen-bond acceptors (Lipinski definition) is 4. The van der Waals surface area contributed by atoms with Crippen LogP contribution in [0, 0.1) is 0 Å². The summed E-state index contributed by atoms with van der Waals surface area (Å²) in [6, 6.07) is 25.6. The molecule has 4 nitrogen and oxygen atoms in total. The molecule has 0 saturated heterocycles. The maximum atomic E-state index is 9.62. The van der Waals surface area contributed by atoms with E-state index >= 15 is 0 Å². The zero-order valence-corrected chi connectivity index (χ0v) is 22.3. The third-order valence-electron chi connectivity index (χ3n) is 3.87. The standard InChI is InChI=1S/C12H7Cl3O2.C12H10O2.2C2H6/c13-7-1-3-11(9(15)5-7)17-12-4-2-8(14)6-10(12)16;13-11-8-4-5-9-12(11)14-10-6-2-1-3-7-10;2*1-2/h1-6,16H;1-9,13H;2*1-2H3. The maximum Gasteiger partial charge on any atom is 0.169 e. The van der Waals surface area contributed by atoms with Crippen molar-refractivity contribution in [3.63, 3.8) is 0 Å². The van der Waals surface area contributed by atoms with Crippen LogP contribution in [0.3, 0.4) is 0 Å². The van der Waals surface area contributed by atoms with Crippen LogP contribution in [-0.2, 0) is 0 Å². The summed E-state index contributed by atoms with van der Waals surface area (Å²) in [5.74, 6) is 1.97. The van der Waals surface area contributed by atoms with E-state index in [0.29, 0.717) is 32.3 Å². The molecule has 0 aliphatic heterocycles. The molecular weight excluding hydrogens is 507 g/mol. The highest BCUT2D eigenvalue weighted by Gasteiger charge is 2.08. The minimum absolute atomic E-state index is 0.0523. The van der Waals surface area contributed by atoms with Gasteiger partial charge < -0.3 is 19.7 Å². The summed E-state index contributed by atoms with van der Waals surface area (Å²) < 4.78 is 10.9. The van der Waals surface area contributed by atoms with Gasteiger partial charge >= 0.3 is 0 Å². The highest BCUT2D eigenvalue weighted by molar-refractivity contribution is 6.35. The van der Waals surface area contributed by atoms with Crippen LogP contribution in [0.1, 0.15) is 27.7 Å². The van der Waals surface area contributed by atoms with E-state index in [2.05, 4.69) is 0 Å². The molecule has 35 heavy (non-hydrogen) atoms. The molecule has 4 aromatic rings. The van der Waals surface area contributed by atoms with Crippen molar-refractivity contribution < 1.29 is 19.7 Å². The normalized spacial score (nSPS) is 9.23. The number of phenols is 2. The Hall–Kier alpha value is -3.05. The van der Waals surface area contributed by atoms with Gasteiger partial charge in [-0.25, -0.2) is 0 Å². The molecule has 7 heteroatoms. The first-order valence-electron chi connectivity index (χ1n) is 11.0. The van der Waals surface area contributed by atoms with E-state index < -0.39 is 0 Å². The number of phenolic OH excluding ortho intramolecular Hbond substituents is 2. The minimum Gasteiger partial charge on any atom is -0.504 e. The molecule has 0 saturated carbocycles. The number of para-hydroxylation sites is 3. The molecule has 0 heterocycles. The molecule has 0 unspecified atom stereocenters. The van der Waals surface area contributed by atoms with Gasteiger partial charge in [-0.15, -0.1) is 0 Å². The second-order valence-corrected chi connectivity index (χ2v) is 7.45. The van der Waals surface area contributed by atoms with Gasteiger partial charge in [0.2, 0.25) is 0 Å². The number of benzene rings is 4. The zero-order chi connectivity index (χ0) is 26.2. The van der Waals surface area contributed by atoms with Gasteiger partial charge in [0.15, 0.2) is 23.0 Å². The highest BCUT2D eigenvalue weighted by atomic mass is 35.5. The average Bonchev–Trinajstić information content (AvgIpc) is 2.87. The lowest BCUT2D eigenvalue weighted by molar-refractivity contribution is 0.411. The Morgan fingerprint density at radius 1 is 0.514 bits per heavy atom. The first-order valence-corrected chi connectivity index (χ1v) is 12.2. The average molecular weight is 536 g/mol. The Balaban J connectivity index is 0.000000311. The molecule has 0 aliphatic rings. The van der Waals surface area contributed by atoms with Gasteiger partial charge in [0.05, 0.1) is 5.02 Å². The van der Waals surface area contributed by atoms with Crippen molar-refractivity contribution in [2.24, 2.45) is 0 Å². The van der Waals surface area contributed by atoms with E-state index in [9.17, 15) is 10.2 Å². The van der Waals surface area contributed by atoms with Crippen LogP contribution in [0.2, 0.25) is 15.1 Å². The molecule has 0 aromatic heterocycles. The van der Waals surface area contributed by atoms with Crippen LogP contribution in [-0.4, -0.2) is 10.2 Å². The van der Waals surface area contributed by atoms with Gasteiger partial charge in [-0.2, -0.15) is 0 Å². The van der Waals surface area contributed by atoms with Crippen molar-refractivity contribution in [2.75, 3.05) is 0 Å². The lowest BCUT2D eigenvalue weighted by Crippen LogP contribution is -1.86. The SMILES string of the molecule is CC.CC.Oc1cc(Cl)ccc1Oc1ccc(Cl)cc1Cl.Oc1ccccc1Oc1ccccc1. The smallest absolute Gasteiger partial charge is 0.169 e. The van der Waals surface area contributed by atoms with Crippen LogP contribution in [0.25, 0.3) is 0 Å². The summed E-state index contributed by atoms with van der Waals surface area (Å²) in [5.41, 5.74) is 0. The Bertz CT molecular complexity index is 1100. The summed E-state index contributed by atoms with van der Waals surface area (Å²) >= 11 is 17.4. The molecule has 0 spiro atoms. The predicted molar refractivity (Wildman–Crippen MR) is 147 cm³/mol. The number of halogens is 3. The van der Waals surface area contributed by atoms with Crippen molar-refractivity contribution in [3.8, 4) is 34.5 Å². The molecule has 0 fully saturated rings. The van der Waals surface area contributed by atoms with E-state index in [-0.39, 0.29) is 17.2 Å². The lowest BCUT2D eigenvalue weighted by Gasteiger charge is -2.09. The molecule has 4 rings (SSSR count). The summed E-state index contributed by atoms with van der Waals surface area (Å²) in [6.45, 7) is 8.00. The summed E-state index contributed by atoms with van der Waals surface area (Å²) in [6.07, 6.45) is 0. The molecule has 4 aromatic carbocycles. The summed E-state index contributed by atoms with van der Waals surface area (Å²) in [4.78, 5) is 0. The van der Waals surface area contributed by atoms with Gasteiger partial charge in [-0.05, 0) is 54.6 Å². The molecule has 0 radical (unpaired) electrons. The summed E-state index contributed by atoms with van der Waals surface area (Å²) in [7, 11) is 0. The molecule has 0 atom stereocenters. The van der Waals surface area contributed by atoms with Crippen molar-refractivity contribution in [2.45, 2.75) is 27.7 Å². The third kappa shape index (κ3) is 10.4. The number of aromatic hydroxyl groups is 2. The largest absolute Gasteiger partial charge is 0.504 e. The Morgan fingerprint density at radius 2 is 1.03 bits per heavy atom. The van der Waals surface area contributed by atoms with Crippen LogP contribution in [0.15, 0.2) is 91.0 Å². The number of hydrogen-bond donors (Lipinski definition) is 2. The van der Waals surface area contributed by atoms with Gasteiger partial charge in [0, 0.05) is 16.1 Å². The van der Waals surface area contributed by atoms with Crippen molar-refractivity contribution in [1.82, 2.24) is 0 Å². The Kier molecular flexibility index (Phi) is 14.2. The molecular formula is C28H29Cl3O4. The Labute approximate surface area is 222 Å². The van der Waals surface area contributed by atoms with Crippen molar-refractivity contribution in [3.05, 3.63) is 106 Å². The van der Waals surface area contributed by atoms with Gasteiger partial charge in [-0.1, -0.05) is 92.8 Å². The van der Waals surface area contributed by atoms with Gasteiger partial charge in [0.1, 0.15) is 11.5 Å². The van der Waals surface area contributed by atoms with Crippen LogP contribution in [0.5, 0.6) is 34.5 Å². The monoisotopic (exact) mass is 534 g/mol. The molecule has 0 bridgehead atoms. The second kappa shape index (κ2) is 16.6. The van der Waals surface area contributed by atoms with E-state index in [1.54, 1.807) is 48.5 Å². The lowest BCUT2D eigenvalue weighted by atomic mass is 10.3. The van der Waals surface area contributed by atoms with E-state index in [1.807, 2.05) is 64.1 Å². The molecule has 0 amide bonds. The van der Waals surface area contributed by atoms with E-state index in [4.69, 9.17) is 44.3 Å². The number of ether oxygens (including phenoxy) is 2. The highest BCUT2D eigenvalue weighted by Crippen LogP contribution is 2.36. The predicted octanol–water partition coefficient (Wildman–Crippen LogP) is 10.4. The van der Waals surface area contributed by atoms with Crippen LogP contribution in [0.4, 0.5) is 0 Å². The number of rotatable bonds is 4. The van der Waals surface area contributed by atoms with Gasteiger partial charge in [0.25, 0.3) is 0 Å². The van der Waals surface area contributed by atoms with Crippen molar-refractivity contribution >= 4 is 34.8 Å². The molecule has 0 aliphatic carbocycles. The fraction of sp³-hybridized carbons (Fsp3) is 0.143. The Morgan fingerprint density at radius 3 is 1.60 bits per heavy atom. The van der Waals surface area contributed by atoms with E-state index in [1.165, 1.54) is 6.07 Å². The van der Waals surface area contributed by atoms with E-state index in [0.717, 1.165) is 0 Å². The summed E-state index contributed by atoms with van der Waals surface area (Å²) in [5, 5.41) is 20.4. The molecule has 2 N–H and O–H groups in total. The van der Waals surface area contributed by atoms with Crippen LogP contribution < -0.4 is 9.47 Å². The van der Waals surface area contributed by atoms with Crippen LogP contribution >= 0.6 is 34.8 Å². The minimum atomic E-state index is -0.0523. The second-order valence-electron chi connectivity index (χ2n) is 6.17. The fourth-order valence-corrected chi connectivity index (χ4v) is 3.03.